The minimum Gasteiger partial charge on any atom is -0.455 e. The molecule has 0 fully saturated rings. The molecule has 1 heterocycles. The van der Waals surface area contributed by atoms with Crippen molar-refractivity contribution in [2.75, 3.05) is 4.90 Å². The van der Waals surface area contributed by atoms with Crippen molar-refractivity contribution in [3.8, 4) is 44.5 Å². The van der Waals surface area contributed by atoms with Crippen LogP contribution in [-0.2, 0) is 0 Å². The van der Waals surface area contributed by atoms with E-state index in [-0.39, 0.29) is 0 Å². The molecule has 0 aliphatic rings. The van der Waals surface area contributed by atoms with E-state index in [1.54, 1.807) is 0 Å². The fourth-order valence-electron chi connectivity index (χ4n) is 7.70. The first-order valence-corrected chi connectivity index (χ1v) is 18.4. The molecular weight excluding hydrogens is 655 g/mol. The second-order valence-electron chi connectivity index (χ2n) is 13.8. The number of para-hydroxylation sites is 1. The van der Waals surface area contributed by atoms with Gasteiger partial charge >= 0.3 is 0 Å². The Bertz CT molecular complexity index is 2910. The summed E-state index contributed by atoms with van der Waals surface area (Å²) in [5.74, 6) is 0. The van der Waals surface area contributed by atoms with Crippen molar-refractivity contribution < 1.29 is 4.42 Å². The van der Waals surface area contributed by atoms with Crippen LogP contribution < -0.4 is 4.90 Å². The summed E-state index contributed by atoms with van der Waals surface area (Å²) in [7, 11) is 0. The van der Waals surface area contributed by atoms with Gasteiger partial charge in [0.2, 0.25) is 0 Å². The monoisotopic (exact) mass is 689 g/mol. The third-order valence-electron chi connectivity index (χ3n) is 10.5. The number of hydrogen-bond acceptors (Lipinski definition) is 2. The lowest BCUT2D eigenvalue weighted by Crippen LogP contribution is -2.10. The molecule has 2 heteroatoms. The minimum absolute atomic E-state index is 0.894. The number of anilines is 3. The molecule has 54 heavy (non-hydrogen) atoms. The van der Waals surface area contributed by atoms with E-state index < -0.39 is 0 Å². The number of benzene rings is 9. The van der Waals surface area contributed by atoms with Gasteiger partial charge in [-0.3, -0.25) is 0 Å². The fraction of sp³-hybridized carbons (Fsp3) is 0. The first-order valence-electron chi connectivity index (χ1n) is 18.4. The van der Waals surface area contributed by atoms with Gasteiger partial charge in [-0.1, -0.05) is 158 Å². The van der Waals surface area contributed by atoms with Crippen molar-refractivity contribution >= 4 is 49.8 Å². The maximum absolute atomic E-state index is 6.47. The van der Waals surface area contributed by atoms with Crippen LogP contribution in [-0.4, -0.2) is 0 Å². The third kappa shape index (κ3) is 5.81. The average Bonchev–Trinajstić information content (AvgIpc) is 3.63. The summed E-state index contributed by atoms with van der Waals surface area (Å²) >= 11 is 0. The van der Waals surface area contributed by atoms with Crippen LogP contribution in [0.4, 0.5) is 17.1 Å². The van der Waals surface area contributed by atoms with Crippen LogP contribution in [0.5, 0.6) is 0 Å². The largest absolute Gasteiger partial charge is 0.455 e. The molecule has 0 spiro atoms. The quantitative estimate of drug-likeness (QED) is 0.166. The van der Waals surface area contributed by atoms with Crippen molar-refractivity contribution in [2.24, 2.45) is 0 Å². The smallest absolute Gasteiger partial charge is 0.143 e. The van der Waals surface area contributed by atoms with Crippen LogP contribution in [0.3, 0.4) is 0 Å². The Hall–Kier alpha value is -7.16. The average molecular weight is 690 g/mol. The highest BCUT2D eigenvalue weighted by Crippen LogP contribution is 2.40. The highest BCUT2D eigenvalue weighted by molar-refractivity contribution is 6.10. The van der Waals surface area contributed by atoms with Gasteiger partial charge in [0, 0.05) is 33.4 Å². The third-order valence-corrected chi connectivity index (χ3v) is 10.5. The van der Waals surface area contributed by atoms with Crippen LogP contribution in [0.2, 0.25) is 0 Å². The molecule has 10 rings (SSSR count). The zero-order chi connectivity index (χ0) is 35.8. The molecule has 0 atom stereocenters. The number of rotatable bonds is 7. The molecular formula is C52H35NO. The van der Waals surface area contributed by atoms with Crippen LogP contribution >= 0.6 is 0 Å². The molecule has 0 N–H and O–H groups in total. The Kier molecular flexibility index (Phi) is 7.85. The van der Waals surface area contributed by atoms with Gasteiger partial charge < -0.3 is 9.32 Å². The van der Waals surface area contributed by atoms with Gasteiger partial charge in [-0.2, -0.15) is 0 Å². The van der Waals surface area contributed by atoms with Crippen molar-refractivity contribution in [1.82, 2.24) is 0 Å². The molecule has 0 aliphatic carbocycles. The Labute approximate surface area is 314 Å². The molecule has 1 aromatic heterocycles. The molecule has 0 bridgehead atoms. The lowest BCUT2D eigenvalue weighted by molar-refractivity contribution is 0.670. The minimum atomic E-state index is 0.894. The van der Waals surface area contributed by atoms with Crippen LogP contribution in [0.15, 0.2) is 217 Å². The SMILES string of the molecule is c1ccc(-c2cccc(N(c3ccc(-c4ccc5ccccc5c4)cc3)c3ccc(-c4ccc5oc6c(-c7ccccc7)cccc6c5c4)cc3)c2)cc1. The predicted molar refractivity (Wildman–Crippen MR) is 228 cm³/mol. The number of furan rings is 1. The first kappa shape index (κ1) is 31.6. The number of nitrogens with zero attached hydrogens (tertiary/aromatic N) is 1. The van der Waals surface area contributed by atoms with Crippen molar-refractivity contribution in [3.05, 3.63) is 212 Å². The second kappa shape index (κ2) is 13.4. The van der Waals surface area contributed by atoms with Crippen molar-refractivity contribution in [3.63, 3.8) is 0 Å². The summed E-state index contributed by atoms with van der Waals surface area (Å²) in [4.78, 5) is 2.35. The van der Waals surface area contributed by atoms with Crippen LogP contribution in [0, 0.1) is 0 Å². The van der Waals surface area contributed by atoms with Crippen molar-refractivity contribution in [2.45, 2.75) is 0 Å². The lowest BCUT2D eigenvalue weighted by atomic mass is 9.99. The molecule has 9 aromatic carbocycles. The molecule has 254 valence electrons. The Morgan fingerprint density at radius 1 is 0.296 bits per heavy atom. The van der Waals surface area contributed by atoms with Crippen molar-refractivity contribution in [1.29, 1.82) is 0 Å². The second-order valence-corrected chi connectivity index (χ2v) is 13.8. The van der Waals surface area contributed by atoms with Crippen LogP contribution in [0.25, 0.3) is 77.2 Å². The van der Waals surface area contributed by atoms with Gasteiger partial charge in [-0.15, -0.1) is 0 Å². The highest BCUT2D eigenvalue weighted by Gasteiger charge is 2.16. The molecule has 0 saturated carbocycles. The molecule has 0 radical (unpaired) electrons. The summed E-state index contributed by atoms with van der Waals surface area (Å²) in [6.07, 6.45) is 0. The fourth-order valence-corrected chi connectivity index (χ4v) is 7.70. The Morgan fingerprint density at radius 3 is 1.56 bits per heavy atom. The van der Waals surface area contributed by atoms with Gasteiger partial charge in [-0.25, -0.2) is 0 Å². The maximum atomic E-state index is 6.47. The molecule has 2 nitrogen and oxygen atoms in total. The first-order chi connectivity index (χ1) is 26.7. The zero-order valence-corrected chi connectivity index (χ0v) is 29.6. The summed E-state index contributed by atoms with van der Waals surface area (Å²) in [5.41, 5.74) is 14.4. The normalized spacial score (nSPS) is 11.3. The van der Waals surface area contributed by atoms with E-state index in [2.05, 4.69) is 211 Å². The topological polar surface area (TPSA) is 16.4 Å². The van der Waals surface area contributed by atoms with E-state index >= 15 is 0 Å². The molecule has 0 saturated heterocycles. The Balaban J connectivity index is 1.03. The Morgan fingerprint density at radius 2 is 0.833 bits per heavy atom. The lowest BCUT2D eigenvalue weighted by Gasteiger charge is -2.26. The summed E-state index contributed by atoms with van der Waals surface area (Å²) in [6.45, 7) is 0. The highest BCUT2D eigenvalue weighted by atomic mass is 16.3. The summed E-state index contributed by atoms with van der Waals surface area (Å²) in [5, 5.41) is 4.74. The van der Waals surface area contributed by atoms with E-state index in [4.69, 9.17) is 4.42 Å². The molecule has 0 amide bonds. The molecule has 10 aromatic rings. The number of fused-ring (bicyclic) bond motifs is 4. The van der Waals surface area contributed by atoms with Crippen LogP contribution in [0.1, 0.15) is 0 Å². The van der Waals surface area contributed by atoms with E-state index in [0.717, 1.165) is 61.3 Å². The summed E-state index contributed by atoms with van der Waals surface area (Å²) < 4.78 is 6.47. The van der Waals surface area contributed by atoms with E-state index in [1.165, 1.54) is 33.0 Å². The zero-order valence-electron chi connectivity index (χ0n) is 29.6. The number of hydrogen-bond donors (Lipinski definition) is 0. The standard InChI is InChI=1S/C52H35NO/c1-3-11-36(12-4-1)42-17-9-18-47(34-42)53(45-28-23-38(24-29-45)43-22-21-37-13-7-8-16-41(37)33-43)46-30-25-39(26-31-46)44-27-32-51-50(35-44)49-20-10-19-48(52(49)54-51)40-14-5-2-6-15-40/h1-35H. The van der Waals surface area contributed by atoms with Gasteiger partial charge in [0.1, 0.15) is 11.2 Å². The van der Waals surface area contributed by atoms with Gasteiger partial charge in [0.25, 0.3) is 0 Å². The van der Waals surface area contributed by atoms with E-state index in [9.17, 15) is 0 Å². The van der Waals surface area contributed by atoms with Gasteiger partial charge in [0.05, 0.1) is 0 Å². The molecule has 0 aliphatic heterocycles. The van der Waals surface area contributed by atoms with Gasteiger partial charge in [-0.05, 0) is 104 Å². The van der Waals surface area contributed by atoms with Gasteiger partial charge in [0.15, 0.2) is 0 Å². The molecule has 0 unspecified atom stereocenters. The van der Waals surface area contributed by atoms with E-state index in [0.29, 0.717) is 0 Å². The predicted octanol–water partition coefficient (Wildman–Crippen LogP) is 14.9. The van der Waals surface area contributed by atoms with E-state index in [1.807, 2.05) is 6.07 Å². The summed E-state index contributed by atoms with van der Waals surface area (Å²) in [6, 6.07) is 75.8. The maximum Gasteiger partial charge on any atom is 0.143 e.